The summed E-state index contributed by atoms with van der Waals surface area (Å²) in [4.78, 5) is 12.8. The van der Waals surface area contributed by atoms with Crippen molar-refractivity contribution in [3.8, 4) is 11.1 Å². The van der Waals surface area contributed by atoms with Crippen LogP contribution < -0.4 is 5.32 Å². The molecule has 6 heteroatoms. The highest BCUT2D eigenvalue weighted by atomic mass is 16.5. The van der Waals surface area contributed by atoms with E-state index >= 15 is 0 Å². The van der Waals surface area contributed by atoms with Crippen molar-refractivity contribution in [3.05, 3.63) is 54.4 Å². The lowest BCUT2D eigenvalue weighted by Crippen LogP contribution is -2.49. The molecule has 0 spiro atoms. The molecule has 1 saturated carbocycles. The Labute approximate surface area is 169 Å². The second-order valence-corrected chi connectivity index (χ2v) is 7.90. The quantitative estimate of drug-likeness (QED) is 0.722. The van der Waals surface area contributed by atoms with Gasteiger partial charge in [-0.05, 0) is 47.7 Å². The van der Waals surface area contributed by atoms with Crippen molar-refractivity contribution in [1.82, 2.24) is 15.1 Å². The number of rotatable bonds is 5. The van der Waals surface area contributed by atoms with Crippen molar-refractivity contribution in [2.45, 2.75) is 37.5 Å². The third-order valence-corrected chi connectivity index (χ3v) is 5.90. The fourth-order valence-corrected chi connectivity index (χ4v) is 4.05. The molecule has 2 atom stereocenters. The molecule has 0 radical (unpaired) electrons. The maximum Gasteiger partial charge on any atom is 0.251 e. The molecule has 1 aromatic heterocycles. The average Bonchev–Trinajstić information content (AvgIpc) is 3.50. The Morgan fingerprint density at radius 1 is 1.24 bits per heavy atom. The largest absolute Gasteiger partial charge is 0.379 e. The first-order valence-electron chi connectivity index (χ1n) is 10.2. The van der Waals surface area contributed by atoms with Crippen LogP contribution in [0.25, 0.3) is 21.9 Å². The van der Waals surface area contributed by atoms with Gasteiger partial charge >= 0.3 is 0 Å². The van der Waals surface area contributed by atoms with Crippen LogP contribution in [0.3, 0.4) is 0 Å². The summed E-state index contributed by atoms with van der Waals surface area (Å²) in [6.45, 7) is 1.15. The highest BCUT2D eigenvalue weighted by Gasteiger charge is 2.27. The van der Waals surface area contributed by atoms with Crippen LogP contribution in [0.2, 0.25) is 0 Å². The minimum atomic E-state index is -0.109. The topological polar surface area (TPSA) is 65.4 Å². The minimum Gasteiger partial charge on any atom is -0.379 e. The van der Waals surface area contributed by atoms with Crippen LogP contribution in [0.4, 0.5) is 0 Å². The normalized spacial score (nSPS) is 22.0. The Morgan fingerprint density at radius 2 is 2.14 bits per heavy atom. The van der Waals surface area contributed by atoms with Gasteiger partial charge in [-0.25, -0.2) is 0 Å². The predicted molar refractivity (Wildman–Crippen MR) is 111 cm³/mol. The Kier molecular flexibility index (Phi) is 4.81. The van der Waals surface area contributed by atoms with Crippen LogP contribution in [0.5, 0.6) is 0 Å². The summed E-state index contributed by atoms with van der Waals surface area (Å²) in [6, 6.07) is 12.6. The van der Waals surface area contributed by atoms with E-state index in [0.717, 1.165) is 28.3 Å². The first kappa shape index (κ1) is 18.3. The Balaban J connectivity index is 1.40. The molecule has 1 aliphatic heterocycles. The number of carbonyl (C=O) groups excluding carboxylic acids is 1. The van der Waals surface area contributed by atoms with Gasteiger partial charge in [0.05, 0.1) is 24.9 Å². The van der Waals surface area contributed by atoms with Crippen LogP contribution in [-0.4, -0.2) is 48.2 Å². The molecule has 2 fully saturated rings. The van der Waals surface area contributed by atoms with Gasteiger partial charge in [0.1, 0.15) is 6.10 Å². The van der Waals surface area contributed by atoms with E-state index in [1.54, 1.807) is 7.11 Å². The second-order valence-electron chi connectivity index (χ2n) is 7.90. The van der Waals surface area contributed by atoms with Gasteiger partial charge < -0.3 is 14.8 Å². The van der Waals surface area contributed by atoms with E-state index in [4.69, 9.17) is 9.47 Å². The van der Waals surface area contributed by atoms with Crippen molar-refractivity contribution in [3.63, 3.8) is 0 Å². The van der Waals surface area contributed by atoms with Gasteiger partial charge in [-0.3, -0.25) is 9.48 Å². The van der Waals surface area contributed by atoms with Crippen LogP contribution in [0.15, 0.2) is 48.8 Å². The molecule has 0 bridgehead atoms. The lowest BCUT2D eigenvalue weighted by molar-refractivity contribution is -0.0479. The number of ether oxygens (including phenoxy) is 2. The van der Waals surface area contributed by atoms with Gasteiger partial charge in [0.25, 0.3) is 5.91 Å². The van der Waals surface area contributed by atoms with Crippen LogP contribution in [0, 0.1) is 0 Å². The molecule has 1 saturated heterocycles. The second kappa shape index (κ2) is 7.61. The monoisotopic (exact) mass is 391 g/mol. The molecule has 3 aromatic rings. The summed E-state index contributed by atoms with van der Waals surface area (Å²) in [5, 5.41) is 9.80. The van der Waals surface area contributed by atoms with E-state index in [-0.39, 0.29) is 18.1 Å². The van der Waals surface area contributed by atoms with E-state index < -0.39 is 0 Å². The number of fused-ring (bicyclic) bond motifs is 1. The number of benzene rings is 2. The lowest BCUT2D eigenvalue weighted by Gasteiger charge is -2.31. The number of amides is 1. The molecule has 29 heavy (non-hydrogen) atoms. The fraction of sp³-hybridized carbons (Fsp3) is 0.391. The molecule has 0 unspecified atom stereocenters. The van der Waals surface area contributed by atoms with E-state index in [9.17, 15) is 4.79 Å². The van der Waals surface area contributed by atoms with Crippen molar-refractivity contribution >= 4 is 16.7 Å². The third-order valence-electron chi connectivity index (χ3n) is 5.90. The molecular weight excluding hydrogens is 366 g/mol. The fourth-order valence-electron chi connectivity index (χ4n) is 4.05. The number of nitrogens with one attached hydrogen (secondary N) is 1. The SMILES string of the molecule is CO[C@H]1COCC[C@@H]1NC(=O)c1ccc2c(-c3cnn(C4CC4)c3)cccc2c1. The molecule has 1 amide bonds. The Bertz CT molecular complexity index is 1040. The van der Waals surface area contributed by atoms with Gasteiger partial charge in [0.15, 0.2) is 0 Å². The summed E-state index contributed by atoms with van der Waals surface area (Å²) in [5.74, 6) is -0.0761. The number of methoxy groups -OCH3 is 1. The number of hydrogen-bond acceptors (Lipinski definition) is 4. The maximum absolute atomic E-state index is 12.8. The minimum absolute atomic E-state index is 0.0310. The third kappa shape index (κ3) is 3.66. The van der Waals surface area contributed by atoms with Gasteiger partial charge in [-0.1, -0.05) is 24.3 Å². The molecular formula is C23H25N3O3. The summed E-state index contributed by atoms with van der Waals surface area (Å²) < 4.78 is 13.0. The van der Waals surface area contributed by atoms with Crippen molar-refractivity contribution < 1.29 is 14.3 Å². The maximum atomic E-state index is 12.8. The van der Waals surface area contributed by atoms with E-state index in [1.165, 1.54) is 12.8 Å². The van der Waals surface area contributed by atoms with Crippen LogP contribution in [0.1, 0.15) is 35.7 Å². The van der Waals surface area contributed by atoms with Crippen LogP contribution >= 0.6 is 0 Å². The van der Waals surface area contributed by atoms with E-state index in [1.807, 2.05) is 36.5 Å². The number of aromatic nitrogens is 2. The van der Waals surface area contributed by atoms with Gasteiger partial charge in [0.2, 0.25) is 0 Å². The summed E-state index contributed by atoms with van der Waals surface area (Å²) in [5.41, 5.74) is 2.92. The first-order valence-corrected chi connectivity index (χ1v) is 10.2. The summed E-state index contributed by atoms with van der Waals surface area (Å²) in [7, 11) is 1.65. The lowest BCUT2D eigenvalue weighted by atomic mass is 9.98. The average molecular weight is 391 g/mol. The van der Waals surface area contributed by atoms with Gasteiger partial charge in [0, 0.05) is 31.0 Å². The highest BCUT2D eigenvalue weighted by Crippen LogP contribution is 2.36. The molecule has 5 rings (SSSR count). The molecule has 150 valence electrons. The molecule has 1 N–H and O–H groups in total. The van der Waals surface area contributed by atoms with E-state index in [2.05, 4.69) is 27.4 Å². The standard InChI is InChI=1S/C23H25N3O3/c1-28-22-14-29-10-9-21(22)25-23(27)16-5-8-20-15(11-16)3-2-4-19(20)17-12-24-26(13-17)18-6-7-18/h2-5,8,11-13,18,21-22H,6-7,9-10,14H2,1H3,(H,25,27)/t21-,22-/m0/s1. The smallest absolute Gasteiger partial charge is 0.251 e. The van der Waals surface area contributed by atoms with Crippen molar-refractivity contribution in [2.24, 2.45) is 0 Å². The summed E-state index contributed by atoms with van der Waals surface area (Å²) in [6.07, 6.45) is 7.14. The molecule has 6 nitrogen and oxygen atoms in total. The summed E-state index contributed by atoms with van der Waals surface area (Å²) >= 11 is 0. The molecule has 2 aliphatic rings. The number of hydrogen-bond donors (Lipinski definition) is 1. The number of carbonyl (C=O) groups is 1. The number of nitrogens with zero attached hydrogens (tertiary/aromatic N) is 2. The van der Waals surface area contributed by atoms with Crippen LogP contribution in [-0.2, 0) is 9.47 Å². The Morgan fingerprint density at radius 3 is 2.97 bits per heavy atom. The van der Waals surface area contributed by atoms with Gasteiger partial charge in [-0.2, -0.15) is 5.10 Å². The zero-order chi connectivity index (χ0) is 19.8. The molecule has 2 aromatic carbocycles. The zero-order valence-electron chi connectivity index (χ0n) is 16.5. The van der Waals surface area contributed by atoms with Crippen molar-refractivity contribution in [1.29, 1.82) is 0 Å². The van der Waals surface area contributed by atoms with Crippen molar-refractivity contribution in [2.75, 3.05) is 20.3 Å². The predicted octanol–water partition coefficient (Wildman–Crippen LogP) is 3.57. The molecule has 1 aliphatic carbocycles. The van der Waals surface area contributed by atoms with E-state index in [0.29, 0.717) is 24.8 Å². The first-order chi connectivity index (χ1) is 14.2. The zero-order valence-corrected chi connectivity index (χ0v) is 16.5. The Hall–Kier alpha value is -2.70. The van der Waals surface area contributed by atoms with Gasteiger partial charge in [-0.15, -0.1) is 0 Å². The molecule has 2 heterocycles. The highest BCUT2D eigenvalue weighted by molar-refractivity contribution is 6.02.